The number of H-pyrrole nitrogens is 1. The first-order chi connectivity index (χ1) is 6.77. The van der Waals surface area contributed by atoms with E-state index in [2.05, 4.69) is 4.98 Å². The van der Waals surface area contributed by atoms with Gasteiger partial charge in [-0.1, -0.05) is 18.2 Å². The van der Waals surface area contributed by atoms with Crippen molar-refractivity contribution in [1.82, 2.24) is 4.98 Å². The molecule has 0 aliphatic carbocycles. The molecule has 0 spiro atoms. The highest BCUT2D eigenvalue weighted by molar-refractivity contribution is 5.77. The number of para-hydroxylation sites is 1. The molecule has 1 aromatic heterocycles. The van der Waals surface area contributed by atoms with Crippen molar-refractivity contribution < 1.29 is 9.18 Å². The van der Waals surface area contributed by atoms with Crippen molar-refractivity contribution in [1.29, 1.82) is 0 Å². The summed E-state index contributed by atoms with van der Waals surface area (Å²) in [5.41, 5.74) is -0.0161. The fourth-order valence-electron chi connectivity index (χ4n) is 1.12. The van der Waals surface area contributed by atoms with Gasteiger partial charge in [-0.2, -0.15) is 0 Å². The molecule has 14 heavy (non-hydrogen) atoms. The highest BCUT2D eigenvalue weighted by Gasteiger charge is 1.98. The number of aromatic nitrogens is 1. The van der Waals surface area contributed by atoms with Crippen molar-refractivity contribution >= 4 is 17.7 Å². The van der Waals surface area contributed by atoms with Gasteiger partial charge < -0.3 is 9.78 Å². The van der Waals surface area contributed by atoms with Crippen molar-refractivity contribution in [2.75, 3.05) is 0 Å². The van der Waals surface area contributed by atoms with Crippen LogP contribution in [-0.2, 0) is 4.79 Å². The normalized spacial score (nSPS) is 9.21. The second-order valence-corrected chi connectivity index (χ2v) is 2.53. The van der Waals surface area contributed by atoms with Gasteiger partial charge in [0, 0.05) is 10.9 Å². The van der Waals surface area contributed by atoms with Gasteiger partial charge in [-0.05, 0) is 12.1 Å². The average Bonchev–Trinajstić information content (AvgIpc) is 2.23. The van der Waals surface area contributed by atoms with E-state index in [1.807, 2.05) is 6.79 Å². The van der Waals surface area contributed by atoms with Crippen LogP contribution in [0.5, 0.6) is 0 Å². The number of pyridine rings is 1. The number of halogens is 1. The van der Waals surface area contributed by atoms with Crippen LogP contribution < -0.4 is 5.56 Å². The van der Waals surface area contributed by atoms with Crippen LogP contribution in [0, 0.1) is 5.82 Å². The van der Waals surface area contributed by atoms with Crippen LogP contribution >= 0.6 is 0 Å². The highest BCUT2D eigenvalue weighted by atomic mass is 19.1. The molecular formula is C10H8FNO2. The molecule has 0 unspecified atom stereocenters. The van der Waals surface area contributed by atoms with Crippen molar-refractivity contribution in [3.05, 3.63) is 46.5 Å². The van der Waals surface area contributed by atoms with E-state index in [-0.39, 0.29) is 0 Å². The molecule has 0 bridgehead atoms. The third kappa shape index (κ3) is 1.85. The van der Waals surface area contributed by atoms with Gasteiger partial charge >= 0.3 is 0 Å². The minimum absolute atomic E-state index is 0.656. The summed E-state index contributed by atoms with van der Waals surface area (Å²) in [7, 11) is 0. The van der Waals surface area contributed by atoms with Gasteiger partial charge in [0.25, 0.3) is 5.56 Å². The Kier molecular flexibility index (Phi) is 3.12. The quantitative estimate of drug-likeness (QED) is 0.689. The van der Waals surface area contributed by atoms with Crippen LogP contribution in [0.3, 0.4) is 0 Å². The number of fused-ring (bicyclic) bond motifs is 1. The molecule has 0 amide bonds. The molecule has 0 saturated heterocycles. The number of carbonyl (C=O) groups excluding carboxylic acids is 1. The van der Waals surface area contributed by atoms with Crippen LogP contribution in [0.2, 0.25) is 0 Å². The molecule has 0 saturated carbocycles. The molecule has 1 heterocycles. The monoisotopic (exact) mass is 193 g/mol. The van der Waals surface area contributed by atoms with E-state index in [9.17, 15) is 9.18 Å². The number of carbonyl (C=O) groups is 1. The zero-order valence-electron chi connectivity index (χ0n) is 7.29. The molecule has 0 atom stereocenters. The summed E-state index contributed by atoms with van der Waals surface area (Å²) in [6.07, 6.45) is 0. The third-order valence-electron chi connectivity index (χ3n) is 1.71. The van der Waals surface area contributed by atoms with Crippen molar-refractivity contribution in [2.24, 2.45) is 0 Å². The van der Waals surface area contributed by atoms with Crippen LogP contribution in [0.4, 0.5) is 4.39 Å². The second kappa shape index (κ2) is 4.32. The van der Waals surface area contributed by atoms with E-state index in [1.165, 1.54) is 6.07 Å². The van der Waals surface area contributed by atoms with Crippen molar-refractivity contribution in [2.45, 2.75) is 0 Å². The smallest absolute Gasteiger partial charge is 0.284 e. The maximum atomic E-state index is 12.7. The summed E-state index contributed by atoms with van der Waals surface area (Å²) in [6.45, 7) is 2.00. The summed E-state index contributed by atoms with van der Waals surface area (Å²) < 4.78 is 12.7. The van der Waals surface area contributed by atoms with Crippen molar-refractivity contribution in [3.63, 3.8) is 0 Å². The fraction of sp³-hybridized carbons (Fsp3) is 0. The summed E-state index contributed by atoms with van der Waals surface area (Å²) in [6, 6.07) is 8.29. The van der Waals surface area contributed by atoms with Crippen molar-refractivity contribution in [3.8, 4) is 0 Å². The molecule has 3 nitrogen and oxygen atoms in total. The Morgan fingerprint density at radius 2 is 1.86 bits per heavy atom. The number of nitrogens with one attached hydrogen (secondary N) is 1. The molecule has 1 N–H and O–H groups in total. The van der Waals surface area contributed by atoms with E-state index in [0.29, 0.717) is 10.9 Å². The first kappa shape index (κ1) is 10.1. The maximum absolute atomic E-state index is 12.7. The average molecular weight is 193 g/mol. The summed E-state index contributed by atoms with van der Waals surface area (Å²) in [5, 5.41) is 0.703. The van der Waals surface area contributed by atoms with E-state index in [0.717, 1.165) is 0 Å². The topological polar surface area (TPSA) is 49.9 Å². The molecule has 2 aromatic rings. The molecule has 0 aliphatic heterocycles. The summed E-state index contributed by atoms with van der Waals surface area (Å²) in [4.78, 5) is 21.2. The lowest BCUT2D eigenvalue weighted by Gasteiger charge is -1.95. The Labute approximate surface area is 79.2 Å². The van der Waals surface area contributed by atoms with Gasteiger partial charge in [0.05, 0.1) is 0 Å². The fourth-order valence-corrected chi connectivity index (χ4v) is 1.12. The lowest BCUT2D eigenvalue weighted by atomic mass is 10.2. The van der Waals surface area contributed by atoms with Crippen LogP contribution in [0.15, 0.2) is 35.1 Å². The first-order valence-corrected chi connectivity index (χ1v) is 3.84. The minimum atomic E-state index is -0.742. The number of rotatable bonds is 0. The minimum Gasteiger partial charge on any atom is -0.319 e. The Hall–Kier alpha value is -1.97. The van der Waals surface area contributed by atoms with E-state index >= 15 is 0 Å². The van der Waals surface area contributed by atoms with Crippen LogP contribution in [0.1, 0.15) is 0 Å². The Morgan fingerprint density at radius 3 is 2.57 bits per heavy atom. The van der Waals surface area contributed by atoms with E-state index < -0.39 is 11.4 Å². The predicted octanol–water partition coefficient (Wildman–Crippen LogP) is 1.48. The van der Waals surface area contributed by atoms with Gasteiger partial charge in [0.15, 0.2) is 5.82 Å². The maximum Gasteiger partial charge on any atom is 0.284 e. The molecular weight excluding hydrogens is 185 g/mol. The van der Waals surface area contributed by atoms with Crippen LogP contribution in [0.25, 0.3) is 10.9 Å². The van der Waals surface area contributed by atoms with Gasteiger partial charge in [0.2, 0.25) is 0 Å². The summed E-state index contributed by atoms with van der Waals surface area (Å²) >= 11 is 0. The highest BCUT2D eigenvalue weighted by Crippen LogP contribution is 2.08. The number of benzene rings is 1. The third-order valence-corrected chi connectivity index (χ3v) is 1.71. The molecule has 0 aliphatic rings. The molecule has 0 fully saturated rings. The Bertz CT molecular complexity index is 493. The standard InChI is InChI=1S/C9H6FNO.CH2O/c10-7-5-6-3-1-2-4-8(6)11-9(7)12;1-2/h1-5H,(H,11,12);1H2. The molecule has 72 valence electrons. The van der Waals surface area contributed by atoms with Gasteiger partial charge in [-0.15, -0.1) is 0 Å². The first-order valence-electron chi connectivity index (χ1n) is 3.84. The van der Waals surface area contributed by atoms with E-state index in [1.54, 1.807) is 24.3 Å². The number of hydrogen-bond donors (Lipinski definition) is 1. The van der Waals surface area contributed by atoms with Crippen LogP contribution in [-0.4, -0.2) is 11.8 Å². The Morgan fingerprint density at radius 1 is 1.21 bits per heavy atom. The molecule has 1 aromatic carbocycles. The zero-order chi connectivity index (χ0) is 10.6. The van der Waals surface area contributed by atoms with Gasteiger partial charge in [-0.25, -0.2) is 4.39 Å². The SMILES string of the molecule is C=O.O=c1[nH]c2ccccc2cc1F. The number of aromatic amines is 1. The molecule has 0 radical (unpaired) electrons. The lowest BCUT2D eigenvalue weighted by molar-refractivity contribution is -0.0979. The molecule has 2 rings (SSSR count). The van der Waals surface area contributed by atoms with E-state index in [4.69, 9.17) is 4.79 Å². The zero-order valence-corrected chi connectivity index (χ0v) is 7.29. The van der Waals surface area contributed by atoms with Gasteiger partial charge in [-0.3, -0.25) is 4.79 Å². The molecule has 4 heteroatoms. The number of hydrogen-bond acceptors (Lipinski definition) is 2. The Balaban J connectivity index is 0.000000461. The lowest BCUT2D eigenvalue weighted by Crippen LogP contribution is -2.09. The summed E-state index contributed by atoms with van der Waals surface area (Å²) in [5.74, 6) is -0.742. The largest absolute Gasteiger partial charge is 0.319 e. The predicted molar refractivity (Wildman–Crippen MR) is 51.6 cm³/mol. The van der Waals surface area contributed by atoms with Gasteiger partial charge in [0.1, 0.15) is 6.79 Å². The second-order valence-electron chi connectivity index (χ2n) is 2.53.